The van der Waals surface area contributed by atoms with Gasteiger partial charge < -0.3 is 18.9 Å². The average Bonchev–Trinajstić information content (AvgIpc) is 2.93. The van der Waals surface area contributed by atoms with E-state index in [9.17, 15) is 4.79 Å². The van der Waals surface area contributed by atoms with Crippen molar-refractivity contribution in [1.82, 2.24) is 10.1 Å². The van der Waals surface area contributed by atoms with Gasteiger partial charge in [-0.3, -0.25) is 4.79 Å². The number of carbonyl (C=O) groups excluding carboxylic acids is 1. The molecule has 1 aromatic heterocycles. The number of aryl methyl sites for hydroxylation is 2. The Balaban J connectivity index is 1.87. The standard InChI is InChI=1S/C19H24N2O4/c1-5-23-16-9-14-7-8-21(11-15(14)10-17(16)24-6-2)19(22)18-12(3)20-25-13(18)4/h9-10H,5-8,11H2,1-4H3. The highest BCUT2D eigenvalue weighted by Crippen LogP contribution is 2.34. The zero-order chi connectivity index (χ0) is 18.0. The van der Waals surface area contributed by atoms with E-state index in [-0.39, 0.29) is 5.91 Å². The van der Waals surface area contributed by atoms with Crippen LogP contribution in [-0.4, -0.2) is 35.7 Å². The van der Waals surface area contributed by atoms with Gasteiger partial charge in [0.1, 0.15) is 11.3 Å². The summed E-state index contributed by atoms with van der Waals surface area (Å²) in [6, 6.07) is 4.04. The molecule has 1 aromatic carbocycles. The van der Waals surface area contributed by atoms with E-state index in [1.165, 1.54) is 5.56 Å². The van der Waals surface area contributed by atoms with Crippen molar-refractivity contribution in [3.05, 3.63) is 40.3 Å². The fourth-order valence-electron chi connectivity index (χ4n) is 3.22. The van der Waals surface area contributed by atoms with Gasteiger partial charge in [-0.05, 0) is 57.4 Å². The van der Waals surface area contributed by atoms with Crippen LogP contribution in [0, 0.1) is 13.8 Å². The summed E-state index contributed by atoms with van der Waals surface area (Å²) in [6.07, 6.45) is 0.789. The number of hydrogen-bond acceptors (Lipinski definition) is 5. The largest absolute Gasteiger partial charge is 0.490 e. The molecule has 0 saturated heterocycles. The van der Waals surface area contributed by atoms with E-state index in [4.69, 9.17) is 14.0 Å². The van der Waals surface area contributed by atoms with Crippen molar-refractivity contribution < 1.29 is 18.8 Å². The summed E-state index contributed by atoms with van der Waals surface area (Å²) in [5.74, 6) is 2.03. The highest BCUT2D eigenvalue weighted by molar-refractivity contribution is 5.96. The van der Waals surface area contributed by atoms with Crippen molar-refractivity contribution in [3.63, 3.8) is 0 Å². The highest BCUT2D eigenvalue weighted by atomic mass is 16.5. The van der Waals surface area contributed by atoms with Crippen LogP contribution >= 0.6 is 0 Å². The monoisotopic (exact) mass is 344 g/mol. The molecular weight excluding hydrogens is 320 g/mol. The average molecular weight is 344 g/mol. The number of benzene rings is 1. The van der Waals surface area contributed by atoms with Crippen LogP contribution in [0.25, 0.3) is 0 Å². The second-order valence-corrected chi connectivity index (χ2v) is 6.11. The SMILES string of the molecule is CCOc1cc2c(cc1OCC)CN(C(=O)c1c(C)noc1C)CC2. The van der Waals surface area contributed by atoms with Gasteiger partial charge in [-0.2, -0.15) is 0 Å². The van der Waals surface area contributed by atoms with Crippen LogP contribution in [0.1, 0.15) is 46.8 Å². The Labute approximate surface area is 147 Å². The summed E-state index contributed by atoms with van der Waals surface area (Å²) in [5, 5.41) is 3.89. The van der Waals surface area contributed by atoms with E-state index in [0.717, 1.165) is 23.5 Å². The molecule has 6 heteroatoms. The molecule has 1 amide bonds. The van der Waals surface area contributed by atoms with E-state index in [1.54, 1.807) is 13.8 Å². The van der Waals surface area contributed by atoms with Crippen molar-refractivity contribution in [3.8, 4) is 11.5 Å². The normalized spacial score (nSPS) is 13.5. The van der Waals surface area contributed by atoms with E-state index in [0.29, 0.717) is 43.3 Å². The minimum Gasteiger partial charge on any atom is -0.490 e. The Kier molecular flexibility index (Phi) is 4.97. The van der Waals surface area contributed by atoms with Gasteiger partial charge in [0.15, 0.2) is 11.5 Å². The number of ether oxygens (including phenoxy) is 2. The lowest BCUT2D eigenvalue weighted by Gasteiger charge is -2.29. The molecule has 0 aliphatic carbocycles. The summed E-state index contributed by atoms with van der Waals surface area (Å²) in [5.41, 5.74) is 3.50. The summed E-state index contributed by atoms with van der Waals surface area (Å²) in [6.45, 7) is 9.84. The Hall–Kier alpha value is -2.50. The topological polar surface area (TPSA) is 64.8 Å². The number of nitrogens with zero attached hydrogens (tertiary/aromatic N) is 2. The van der Waals surface area contributed by atoms with Gasteiger partial charge in [-0.25, -0.2) is 0 Å². The van der Waals surface area contributed by atoms with Gasteiger partial charge in [-0.15, -0.1) is 0 Å². The zero-order valence-electron chi connectivity index (χ0n) is 15.2. The maximum Gasteiger partial charge on any atom is 0.259 e. The Bertz CT molecular complexity index is 762. The van der Waals surface area contributed by atoms with Gasteiger partial charge in [0.2, 0.25) is 0 Å². The number of amides is 1. The molecule has 3 rings (SSSR count). The van der Waals surface area contributed by atoms with Crippen LogP contribution in [-0.2, 0) is 13.0 Å². The van der Waals surface area contributed by atoms with Gasteiger partial charge in [0.25, 0.3) is 5.91 Å². The maximum absolute atomic E-state index is 12.9. The fraction of sp³-hybridized carbons (Fsp3) is 0.474. The van der Waals surface area contributed by atoms with Crippen molar-refractivity contribution >= 4 is 5.91 Å². The second kappa shape index (κ2) is 7.17. The first-order valence-electron chi connectivity index (χ1n) is 8.68. The minimum atomic E-state index is -0.0336. The number of hydrogen-bond donors (Lipinski definition) is 0. The molecule has 134 valence electrons. The molecule has 0 radical (unpaired) electrons. The van der Waals surface area contributed by atoms with E-state index >= 15 is 0 Å². The summed E-state index contributed by atoms with van der Waals surface area (Å²) >= 11 is 0. The first-order valence-corrected chi connectivity index (χ1v) is 8.68. The predicted octanol–water partition coefficient (Wildman–Crippen LogP) is 3.29. The first kappa shape index (κ1) is 17.3. The van der Waals surface area contributed by atoms with E-state index in [2.05, 4.69) is 5.16 Å². The molecule has 2 aromatic rings. The molecule has 0 spiro atoms. The lowest BCUT2D eigenvalue weighted by molar-refractivity contribution is 0.0732. The molecule has 0 unspecified atom stereocenters. The molecule has 0 fully saturated rings. The number of aromatic nitrogens is 1. The molecule has 1 aliphatic rings. The third kappa shape index (κ3) is 3.34. The molecule has 0 N–H and O–H groups in total. The first-order chi connectivity index (χ1) is 12.0. The minimum absolute atomic E-state index is 0.0336. The molecule has 1 aliphatic heterocycles. The Morgan fingerprint density at radius 2 is 1.80 bits per heavy atom. The van der Waals surface area contributed by atoms with Crippen LogP contribution in [0.15, 0.2) is 16.7 Å². The molecular formula is C19H24N2O4. The van der Waals surface area contributed by atoms with Crippen molar-refractivity contribution in [2.75, 3.05) is 19.8 Å². The summed E-state index contributed by atoms with van der Waals surface area (Å²) < 4.78 is 16.5. The smallest absolute Gasteiger partial charge is 0.259 e. The summed E-state index contributed by atoms with van der Waals surface area (Å²) in [4.78, 5) is 14.7. The third-order valence-electron chi connectivity index (χ3n) is 4.41. The maximum atomic E-state index is 12.9. The van der Waals surface area contributed by atoms with Crippen LogP contribution in [0.2, 0.25) is 0 Å². The highest BCUT2D eigenvalue weighted by Gasteiger charge is 2.27. The number of rotatable bonds is 5. The van der Waals surface area contributed by atoms with Gasteiger partial charge in [0.05, 0.1) is 18.9 Å². The number of carbonyl (C=O) groups is 1. The fourth-order valence-corrected chi connectivity index (χ4v) is 3.22. The van der Waals surface area contributed by atoms with Crippen LogP contribution in [0.4, 0.5) is 0 Å². The van der Waals surface area contributed by atoms with Crippen molar-refractivity contribution in [1.29, 1.82) is 0 Å². The molecule has 6 nitrogen and oxygen atoms in total. The van der Waals surface area contributed by atoms with Crippen molar-refractivity contribution in [2.45, 2.75) is 40.7 Å². The van der Waals surface area contributed by atoms with Gasteiger partial charge in [-0.1, -0.05) is 5.16 Å². The van der Waals surface area contributed by atoms with E-state index in [1.807, 2.05) is 30.9 Å². The lowest BCUT2D eigenvalue weighted by Crippen LogP contribution is -2.36. The molecule has 0 bridgehead atoms. The van der Waals surface area contributed by atoms with Crippen LogP contribution < -0.4 is 9.47 Å². The molecule has 0 saturated carbocycles. The number of fused-ring (bicyclic) bond motifs is 1. The Morgan fingerprint density at radius 3 is 2.36 bits per heavy atom. The van der Waals surface area contributed by atoms with Crippen LogP contribution in [0.3, 0.4) is 0 Å². The lowest BCUT2D eigenvalue weighted by atomic mass is 9.98. The van der Waals surface area contributed by atoms with Gasteiger partial charge in [0, 0.05) is 13.1 Å². The third-order valence-corrected chi connectivity index (χ3v) is 4.41. The Morgan fingerprint density at radius 1 is 1.16 bits per heavy atom. The quantitative estimate of drug-likeness (QED) is 0.833. The predicted molar refractivity (Wildman–Crippen MR) is 93.2 cm³/mol. The zero-order valence-corrected chi connectivity index (χ0v) is 15.2. The second-order valence-electron chi connectivity index (χ2n) is 6.11. The van der Waals surface area contributed by atoms with Gasteiger partial charge >= 0.3 is 0 Å². The van der Waals surface area contributed by atoms with E-state index < -0.39 is 0 Å². The van der Waals surface area contributed by atoms with Crippen molar-refractivity contribution in [2.24, 2.45) is 0 Å². The van der Waals surface area contributed by atoms with Crippen LogP contribution in [0.5, 0.6) is 11.5 Å². The molecule has 25 heavy (non-hydrogen) atoms. The molecule has 0 atom stereocenters. The summed E-state index contributed by atoms with van der Waals surface area (Å²) in [7, 11) is 0. The molecule has 2 heterocycles.